The molecule has 0 aliphatic heterocycles. The van der Waals surface area contributed by atoms with E-state index in [1.165, 1.54) is 0 Å². The van der Waals surface area contributed by atoms with Crippen molar-refractivity contribution in [1.29, 1.82) is 0 Å². The molecular formula is C7H14ClNO4P+. The third-order valence-electron chi connectivity index (χ3n) is 1.46. The highest BCUT2D eigenvalue weighted by atomic mass is 35.5. The third kappa shape index (κ3) is 7.21. The Bertz CT molecular complexity index is 202. The Labute approximate surface area is 88.3 Å². The Morgan fingerprint density at radius 2 is 2.29 bits per heavy atom. The van der Waals surface area contributed by atoms with Crippen LogP contribution in [-0.4, -0.2) is 42.1 Å². The average molecular weight is 243 g/mol. The van der Waals surface area contributed by atoms with Gasteiger partial charge in [0, 0.05) is 12.3 Å². The van der Waals surface area contributed by atoms with Gasteiger partial charge in [-0.25, -0.2) is 0 Å². The summed E-state index contributed by atoms with van der Waals surface area (Å²) in [5.41, 5.74) is 5.23. The summed E-state index contributed by atoms with van der Waals surface area (Å²) in [6.07, 6.45) is 0.592. The van der Waals surface area contributed by atoms with Crippen LogP contribution in [0.2, 0.25) is 0 Å². The van der Waals surface area contributed by atoms with Crippen LogP contribution in [-0.2, 0) is 14.1 Å². The van der Waals surface area contributed by atoms with Crippen molar-refractivity contribution in [2.75, 3.05) is 25.0 Å². The van der Waals surface area contributed by atoms with Crippen LogP contribution in [0.3, 0.4) is 0 Å². The number of hydrogen-bond acceptors (Lipinski definition) is 4. The summed E-state index contributed by atoms with van der Waals surface area (Å²) in [5, 5.41) is 8.44. The molecule has 0 amide bonds. The molecule has 0 aliphatic rings. The minimum absolute atomic E-state index is 0.119. The van der Waals surface area contributed by atoms with E-state index in [9.17, 15) is 9.36 Å². The SMILES string of the molecule is NC(CC[P+](=O)COCCCl)C(=O)O. The monoisotopic (exact) mass is 242 g/mol. The molecule has 14 heavy (non-hydrogen) atoms. The minimum atomic E-state index is -1.52. The van der Waals surface area contributed by atoms with Gasteiger partial charge in [-0.15, -0.1) is 11.6 Å². The molecule has 0 heterocycles. The fourth-order valence-electron chi connectivity index (χ4n) is 0.692. The van der Waals surface area contributed by atoms with Crippen molar-refractivity contribution in [3.63, 3.8) is 0 Å². The molecule has 0 saturated carbocycles. The second-order valence-corrected chi connectivity index (χ2v) is 4.71. The molecule has 0 aliphatic carbocycles. The summed E-state index contributed by atoms with van der Waals surface area (Å²) in [7, 11) is -1.52. The molecule has 0 aromatic heterocycles. The van der Waals surface area contributed by atoms with Crippen molar-refractivity contribution in [2.45, 2.75) is 12.5 Å². The number of carbonyl (C=O) groups is 1. The first kappa shape index (κ1) is 13.8. The van der Waals surface area contributed by atoms with Gasteiger partial charge in [0.05, 0.1) is 6.61 Å². The molecule has 0 aromatic rings. The van der Waals surface area contributed by atoms with Crippen molar-refractivity contribution in [3.05, 3.63) is 0 Å². The normalized spacial score (nSPS) is 13.7. The fourth-order valence-corrected chi connectivity index (χ4v) is 1.83. The maximum atomic E-state index is 11.2. The summed E-state index contributed by atoms with van der Waals surface area (Å²) in [4.78, 5) is 10.3. The summed E-state index contributed by atoms with van der Waals surface area (Å²) >= 11 is 5.34. The number of nitrogens with two attached hydrogens (primary N) is 1. The first-order valence-corrected chi connectivity index (χ1v) is 6.28. The van der Waals surface area contributed by atoms with E-state index in [2.05, 4.69) is 0 Å². The number of halogens is 1. The molecule has 3 N–H and O–H groups in total. The van der Waals surface area contributed by atoms with E-state index in [0.717, 1.165) is 0 Å². The number of alkyl halides is 1. The number of hydrogen-bond donors (Lipinski definition) is 2. The first-order chi connectivity index (χ1) is 6.57. The van der Waals surface area contributed by atoms with Crippen molar-refractivity contribution in [1.82, 2.24) is 0 Å². The summed E-state index contributed by atoms with van der Waals surface area (Å²) < 4.78 is 16.1. The van der Waals surface area contributed by atoms with Gasteiger partial charge in [0.25, 0.3) is 0 Å². The van der Waals surface area contributed by atoms with E-state index in [1.54, 1.807) is 0 Å². The Hall–Kier alpha value is -0.220. The molecular weight excluding hydrogens is 229 g/mol. The maximum Gasteiger partial charge on any atom is 0.367 e. The predicted octanol–water partition coefficient (Wildman–Crippen LogP) is 0.829. The highest BCUT2D eigenvalue weighted by Gasteiger charge is 2.20. The average Bonchev–Trinajstić information content (AvgIpc) is 2.14. The van der Waals surface area contributed by atoms with Gasteiger partial charge in [-0.2, -0.15) is 0 Å². The number of rotatable bonds is 8. The molecule has 2 unspecified atom stereocenters. The van der Waals surface area contributed by atoms with Crippen LogP contribution in [0.15, 0.2) is 0 Å². The van der Waals surface area contributed by atoms with Gasteiger partial charge in [0.2, 0.25) is 6.35 Å². The molecule has 0 rings (SSSR count). The zero-order chi connectivity index (χ0) is 11.0. The van der Waals surface area contributed by atoms with Crippen molar-refractivity contribution in [3.8, 4) is 0 Å². The molecule has 0 aromatic carbocycles. The molecule has 0 radical (unpaired) electrons. The lowest BCUT2D eigenvalue weighted by Crippen LogP contribution is -2.30. The molecule has 82 valence electrons. The molecule has 0 fully saturated rings. The van der Waals surface area contributed by atoms with Gasteiger partial charge < -0.3 is 15.6 Å². The van der Waals surface area contributed by atoms with E-state index >= 15 is 0 Å². The molecule has 7 heteroatoms. The van der Waals surface area contributed by atoms with Crippen LogP contribution in [0, 0.1) is 0 Å². The highest BCUT2D eigenvalue weighted by molar-refractivity contribution is 7.44. The minimum Gasteiger partial charge on any atom is -0.480 e. The van der Waals surface area contributed by atoms with Crippen molar-refractivity contribution in [2.24, 2.45) is 5.73 Å². The second kappa shape index (κ2) is 8.12. The Morgan fingerprint density at radius 3 is 2.79 bits per heavy atom. The lowest BCUT2D eigenvalue weighted by molar-refractivity contribution is -0.138. The zero-order valence-corrected chi connectivity index (χ0v) is 9.34. The van der Waals surface area contributed by atoms with Gasteiger partial charge in [-0.3, -0.25) is 4.79 Å². The summed E-state index contributed by atoms with van der Waals surface area (Å²) in [6.45, 7) is 0.355. The quantitative estimate of drug-likeness (QED) is 0.374. The molecule has 0 saturated heterocycles. The fraction of sp³-hybridized carbons (Fsp3) is 0.857. The van der Waals surface area contributed by atoms with Gasteiger partial charge in [0.15, 0.2) is 6.16 Å². The van der Waals surface area contributed by atoms with E-state index in [4.69, 9.17) is 27.2 Å². The molecule has 0 spiro atoms. The van der Waals surface area contributed by atoms with Crippen LogP contribution in [0.1, 0.15) is 6.42 Å². The molecule has 0 bridgehead atoms. The smallest absolute Gasteiger partial charge is 0.367 e. The summed E-state index contributed by atoms with van der Waals surface area (Å²) in [6, 6.07) is -0.943. The molecule has 5 nitrogen and oxygen atoms in total. The highest BCUT2D eigenvalue weighted by Crippen LogP contribution is 2.21. The predicted molar refractivity (Wildman–Crippen MR) is 54.2 cm³/mol. The van der Waals surface area contributed by atoms with Gasteiger partial charge in [-0.05, 0) is 0 Å². The van der Waals surface area contributed by atoms with Crippen LogP contribution in [0.4, 0.5) is 0 Å². The van der Waals surface area contributed by atoms with Crippen LogP contribution < -0.4 is 5.73 Å². The zero-order valence-electron chi connectivity index (χ0n) is 7.69. The van der Waals surface area contributed by atoms with E-state index in [-0.39, 0.29) is 18.9 Å². The number of ether oxygens (including phenoxy) is 1. The number of carboxylic acid groups (broad SMARTS) is 1. The van der Waals surface area contributed by atoms with Crippen LogP contribution in [0.25, 0.3) is 0 Å². The van der Waals surface area contributed by atoms with Gasteiger partial charge >= 0.3 is 13.8 Å². The first-order valence-electron chi connectivity index (χ1n) is 4.12. The largest absolute Gasteiger partial charge is 0.480 e. The maximum absolute atomic E-state index is 11.2. The van der Waals surface area contributed by atoms with Gasteiger partial charge in [0.1, 0.15) is 6.04 Å². The van der Waals surface area contributed by atoms with E-state index in [1.807, 2.05) is 0 Å². The topological polar surface area (TPSA) is 89.6 Å². The number of carboxylic acids is 1. The lowest BCUT2D eigenvalue weighted by Gasteiger charge is -2.00. The Morgan fingerprint density at radius 1 is 1.64 bits per heavy atom. The van der Waals surface area contributed by atoms with Crippen molar-refractivity contribution < 1.29 is 19.2 Å². The Kier molecular flexibility index (Phi) is 7.99. The molecule has 2 atom stereocenters. The van der Waals surface area contributed by atoms with Crippen LogP contribution >= 0.6 is 19.4 Å². The van der Waals surface area contributed by atoms with Gasteiger partial charge in [-0.1, -0.05) is 4.57 Å². The second-order valence-electron chi connectivity index (χ2n) is 2.67. The van der Waals surface area contributed by atoms with E-state index in [0.29, 0.717) is 12.5 Å². The third-order valence-corrected chi connectivity index (χ3v) is 2.85. The Balaban J connectivity index is 3.48. The standard InChI is InChI=1S/C7H13ClNO4P/c8-2-3-13-5-14(12)4-1-6(9)7(10)11/h6H,1-5,9H2/p+1. The van der Waals surface area contributed by atoms with E-state index < -0.39 is 19.8 Å². The summed E-state index contributed by atoms with van der Waals surface area (Å²) in [5.74, 6) is -0.715. The van der Waals surface area contributed by atoms with Crippen molar-refractivity contribution >= 4 is 25.4 Å². The lowest BCUT2D eigenvalue weighted by atomic mass is 10.2. The van der Waals surface area contributed by atoms with Crippen LogP contribution in [0.5, 0.6) is 0 Å². The number of aliphatic carboxylic acids is 1.